The second-order valence-electron chi connectivity index (χ2n) is 10.5. The normalized spacial score (nSPS) is 18.4. The summed E-state index contributed by atoms with van der Waals surface area (Å²) in [5, 5.41) is 0. The zero-order chi connectivity index (χ0) is 24.6. The number of hydrogen-bond acceptors (Lipinski definition) is 3. The summed E-state index contributed by atoms with van der Waals surface area (Å²) in [7, 11) is 1.76. The fraction of sp³-hybridized carbons (Fsp3) is 0.290. The van der Waals surface area contributed by atoms with Crippen LogP contribution in [0.2, 0.25) is 0 Å². The number of hydrogen-bond donors (Lipinski definition) is 0. The Kier molecular flexibility index (Phi) is 6.20. The summed E-state index contributed by atoms with van der Waals surface area (Å²) in [6, 6.07) is 26.1. The Morgan fingerprint density at radius 1 is 0.743 bits per heavy atom. The fourth-order valence-electron chi connectivity index (χ4n) is 4.63. The van der Waals surface area contributed by atoms with Crippen LogP contribution >= 0.6 is 0 Å². The summed E-state index contributed by atoms with van der Waals surface area (Å²) in [5.41, 5.74) is 7.70. The predicted molar refractivity (Wildman–Crippen MR) is 148 cm³/mol. The second kappa shape index (κ2) is 9.18. The van der Waals surface area contributed by atoms with Gasteiger partial charge in [-0.25, -0.2) is 0 Å². The molecular weight excluding hydrogens is 429 g/mol. The quantitative estimate of drug-likeness (QED) is 0.375. The van der Waals surface area contributed by atoms with E-state index in [1.54, 1.807) is 0 Å². The van der Waals surface area contributed by atoms with Gasteiger partial charge >= 0.3 is 7.12 Å². The molecule has 0 bridgehead atoms. The van der Waals surface area contributed by atoms with Gasteiger partial charge in [-0.15, -0.1) is 0 Å². The summed E-state index contributed by atoms with van der Waals surface area (Å²) in [6.45, 7) is 8.36. The van der Waals surface area contributed by atoms with Gasteiger partial charge in [0, 0.05) is 18.4 Å². The summed E-state index contributed by atoms with van der Waals surface area (Å²) in [4.78, 5) is 2.24. The standard InChI is InChI=1S/C31H34BNO2/c1-30(2)31(3,4)35-32(34-30)27-15-9-13-25(21-27)26-14-10-16-29(22-26)33(5)28-19-17-24(18-20-28)23-11-7-6-8-12-23/h6-7,9-11,13-22H,8,12H2,1-5H3. The molecule has 178 valence electrons. The maximum absolute atomic E-state index is 6.28. The van der Waals surface area contributed by atoms with Crippen molar-refractivity contribution in [2.24, 2.45) is 0 Å². The minimum atomic E-state index is -0.362. The van der Waals surface area contributed by atoms with Crippen molar-refractivity contribution in [2.45, 2.75) is 51.7 Å². The molecule has 5 rings (SSSR count). The highest BCUT2D eigenvalue weighted by atomic mass is 16.7. The van der Waals surface area contributed by atoms with E-state index in [4.69, 9.17) is 9.31 Å². The number of rotatable bonds is 5. The highest BCUT2D eigenvalue weighted by Crippen LogP contribution is 2.37. The molecule has 0 aromatic heterocycles. The van der Waals surface area contributed by atoms with Crippen LogP contribution in [0.1, 0.15) is 46.1 Å². The lowest BCUT2D eigenvalue weighted by molar-refractivity contribution is 0.00578. The van der Waals surface area contributed by atoms with Gasteiger partial charge in [-0.2, -0.15) is 0 Å². The van der Waals surface area contributed by atoms with Crippen molar-refractivity contribution < 1.29 is 9.31 Å². The molecule has 1 heterocycles. The molecule has 0 atom stereocenters. The summed E-state index contributed by atoms with van der Waals surface area (Å²) >= 11 is 0. The van der Waals surface area contributed by atoms with E-state index < -0.39 is 0 Å². The maximum Gasteiger partial charge on any atom is 0.494 e. The van der Waals surface area contributed by atoms with Gasteiger partial charge in [0.2, 0.25) is 0 Å². The number of nitrogens with zero attached hydrogens (tertiary/aromatic N) is 1. The third-order valence-corrected chi connectivity index (χ3v) is 7.62. The molecule has 0 spiro atoms. The summed E-state index contributed by atoms with van der Waals surface area (Å²) < 4.78 is 12.6. The van der Waals surface area contributed by atoms with Crippen LogP contribution in [0.3, 0.4) is 0 Å². The van der Waals surface area contributed by atoms with E-state index in [0.717, 1.165) is 29.6 Å². The topological polar surface area (TPSA) is 21.7 Å². The number of allylic oxidation sites excluding steroid dienone is 4. The van der Waals surface area contributed by atoms with Gasteiger partial charge in [0.15, 0.2) is 0 Å². The first-order valence-electron chi connectivity index (χ1n) is 12.5. The molecule has 2 aliphatic rings. The van der Waals surface area contributed by atoms with Crippen LogP contribution in [-0.4, -0.2) is 25.4 Å². The molecule has 3 aromatic carbocycles. The van der Waals surface area contributed by atoms with Gasteiger partial charge < -0.3 is 14.2 Å². The zero-order valence-corrected chi connectivity index (χ0v) is 21.4. The lowest BCUT2D eigenvalue weighted by Crippen LogP contribution is -2.41. The van der Waals surface area contributed by atoms with Crippen LogP contribution in [0.4, 0.5) is 11.4 Å². The average molecular weight is 463 g/mol. The van der Waals surface area contributed by atoms with Gasteiger partial charge in [-0.05, 0) is 92.5 Å². The lowest BCUT2D eigenvalue weighted by atomic mass is 9.78. The van der Waals surface area contributed by atoms with Crippen molar-refractivity contribution in [3.8, 4) is 11.1 Å². The minimum Gasteiger partial charge on any atom is -0.399 e. The van der Waals surface area contributed by atoms with Crippen molar-refractivity contribution in [2.75, 3.05) is 11.9 Å². The number of benzene rings is 3. The van der Waals surface area contributed by atoms with E-state index in [9.17, 15) is 0 Å². The highest BCUT2D eigenvalue weighted by molar-refractivity contribution is 6.62. The molecule has 0 saturated carbocycles. The second-order valence-corrected chi connectivity index (χ2v) is 10.5. The molecule has 1 saturated heterocycles. The summed E-state index contributed by atoms with van der Waals surface area (Å²) in [6.07, 6.45) is 8.84. The number of anilines is 2. The first-order chi connectivity index (χ1) is 16.7. The third-order valence-electron chi connectivity index (χ3n) is 7.62. The van der Waals surface area contributed by atoms with Crippen LogP contribution in [0.15, 0.2) is 91.0 Å². The molecule has 1 aliphatic carbocycles. The van der Waals surface area contributed by atoms with Crippen LogP contribution in [0.5, 0.6) is 0 Å². The monoisotopic (exact) mass is 463 g/mol. The highest BCUT2D eigenvalue weighted by Gasteiger charge is 2.51. The lowest BCUT2D eigenvalue weighted by Gasteiger charge is -2.32. The summed E-state index contributed by atoms with van der Waals surface area (Å²) in [5.74, 6) is 0. The smallest absolute Gasteiger partial charge is 0.399 e. The Bertz CT molecular complexity index is 1260. The maximum atomic E-state index is 6.28. The van der Waals surface area contributed by atoms with Crippen LogP contribution in [0, 0.1) is 0 Å². The Morgan fingerprint density at radius 2 is 1.40 bits per heavy atom. The van der Waals surface area contributed by atoms with Crippen LogP contribution in [0.25, 0.3) is 16.7 Å². The molecular formula is C31H34BNO2. The SMILES string of the molecule is CN(c1ccc(C2=CC=CCC2)cc1)c1cccc(-c2cccc(B3OC(C)(C)C(C)(C)O3)c2)c1. The Hall–Kier alpha value is -3.08. The van der Waals surface area contributed by atoms with Crippen molar-refractivity contribution in [1.82, 2.24) is 0 Å². The van der Waals surface area contributed by atoms with Gasteiger partial charge in [-0.1, -0.05) is 66.8 Å². The molecule has 3 nitrogen and oxygen atoms in total. The predicted octanol–water partition coefficient (Wildman–Crippen LogP) is 7.15. The molecule has 3 aromatic rings. The molecule has 4 heteroatoms. The van der Waals surface area contributed by atoms with E-state index in [-0.39, 0.29) is 18.3 Å². The van der Waals surface area contributed by atoms with Gasteiger partial charge in [-0.3, -0.25) is 0 Å². The van der Waals surface area contributed by atoms with E-state index in [1.165, 1.54) is 22.4 Å². The Balaban J connectivity index is 1.37. The zero-order valence-electron chi connectivity index (χ0n) is 21.4. The average Bonchev–Trinajstić information content (AvgIpc) is 3.11. The molecule has 0 radical (unpaired) electrons. The van der Waals surface area contributed by atoms with Crippen molar-refractivity contribution in [1.29, 1.82) is 0 Å². The first-order valence-corrected chi connectivity index (χ1v) is 12.5. The fourth-order valence-corrected chi connectivity index (χ4v) is 4.63. The van der Waals surface area contributed by atoms with Crippen molar-refractivity contribution in [3.05, 3.63) is 96.6 Å². The van der Waals surface area contributed by atoms with Crippen LogP contribution in [-0.2, 0) is 9.31 Å². The van der Waals surface area contributed by atoms with Crippen LogP contribution < -0.4 is 10.4 Å². The largest absolute Gasteiger partial charge is 0.494 e. The van der Waals surface area contributed by atoms with E-state index in [2.05, 4.69) is 131 Å². The van der Waals surface area contributed by atoms with Gasteiger partial charge in [0.05, 0.1) is 11.2 Å². The molecule has 0 N–H and O–H groups in total. The Morgan fingerprint density at radius 3 is 2.06 bits per heavy atom. The molecule has 1 aliphatic heterocycles. The van der Waals surface area contributed by atoms with E-state index >= 15 is 0 Å². The molecule has 0 unspecified atom stereocenters. The van der Waals surface area contributed by atoms with E-state index in [1.807, 2.05) is 0 Å². The molecule has 1 fully saturated rings. The van der Waals surface area contributed by atoms with Crippen molar-refractivity contribution >= 4 is 29.5 Å². The molecule has 35 heavy (non-hydrogen) atoms. The Labute approximate surface area is 210 Å². The van der Waals surface area contributed by atoms with E-state index in [0.29, 0.717) is 0 Å². The first kappa shape index (κ1) is 23.7. The minimum absolute atomic E-state index is 0.351. The van der Waals surface area contributed by atoms with Gasteiger partial charge in [0.1, 0.15) is 0 Å². The third kappa shape index (κ3) is 4.73. The van der Waals surface area contributed by atoms with Crippen molar-refractivity contribution in [3.63, 3.8) is 0 Å². The van der Waals surface area contributed by atoms with Gasteiger partial charge in [0.25, 0.3) is 0 Å². The molecule has 0 amide bonds.